The quantitative estimate of drug-likeness (QED) is 0.363. The van der Waals surface area contributed by atoms with E-state index < -0.39 is 8.07 Å². The van der Waals surface area contributed by atoms with Gasteiger partial charge in [0.05, 0.1) is 5.56 Å². The Kier molecular flexibility index (Phi) is 5.70. The van der Waals surface area contributed by atoms with Crippen molar-refractivity contribution in [2.24, 2.45) is 0 Å². The zero-order chi connectivity index (χ0) is 16.2. The summed E-state index contributed by atoms with van der Waals surface area (Å²) < 4.78 is 1.97. The van der Waals surface area contributed by atoms with Crippen LogP contribution in [0.25, 0.3) is 0 Å². The Labute approximate surface area is 150 Å². The van der Waals surface area contributed by atoms with Gasteiger partial charge in [-0.15, -0.1) is 5.54 Å². The lowest BCUT2D eigenvalue weighted by Crippen LogP contribution is -2.16. The zero-order valence-electron chi connectivity index (χ0n) is 12.8. The summed E-state index contributed by atoms with van der Waals surface area (Å²) in [6, 6.07) is 14.0. The molecule has 0 fully saturated rings. The minimum absolute atomic E-state index is 0.954. The highest BCUT2D eigenvalue weighted by Gasteiger charge is 2.08. The molecule has 0 saturated carbocycles. The van der Waals surface area contributed by atoms with Crippen molar-refractivity contribution in [1.82, 2.24) is 0 Å². The van der Waals surface area contributed by atoms with Crippen LogP contribution in [0.1, 0.15) is 16.7 Å². The third-order valence-corrected chi connectivity index (χ3v) is 4.98. The van der Waals surface area contributed by atoms with Crippen LogP contribution in [-0.2, 0) is 0 Å². The Balaban J connectivity index is 2.44. The monoisotopic (exact) mass is 430 g/mol. The molecule has 22 heavy (non-hydrogen) atoms. The van der Waals surface area contributed by atoms with E-state index in [9.17, 15) is 0 Å². The molecule has 110 valence electrons. The Morgan fingerprint density at radius 1 is 0.727 bits per heavy atom. The van der Waals surface area contributed by atoms with Gasteiger partial charge in [0, 0.05) is 20.1 Å². The predicted molar refractivity (Wildman–Crippen MR) is 104 cm³/mol. The molecule has 2 aromatic rings. The van der Waals surface area contributed by atoms with Crippen LogP contribution in [0, 0.1) is 23.3 Å². The van der Waals surface area contributed by atoms with Crippen molar-refractivity contribution in [3.8, 4) is 23.3 Å². The third kappa shape index (κ3) is 4.89. The number of halogens is 2. The molecule has 2 rings (SSSR count). The summed E-state index contributed by atoms with van der Waals surface area (Å²) in [4.78, 5) is 0. The van der Waals surface area contributed by atoms with E-state index in [1.165, 1.54) is 0 Å². The number of hydrogen-bond donors (Lipinski definition) is 0. The molecule has 0 aliphatic carbocycles. The second-order valence-electron chi connectivity index (χ2n) is 5.89. The van der Waals surface area contributed by atoms with Crippen molar-refractivity contribution in [3.63, 3.8) is 0 Å². The van der Waals surface area contributed by atoms with Crippen LogP contribution >= 0.6 is 31.9 Å². The Bertz CT molecular complexity index is 789. The summed E-state index contributed by atoms with van der Waals surface area (Å²) >= 11 is 7.08. The first-order valence-corrected chi connectivity index (χ1v) is 12.0. The van der Waals surface area contributed by atoms with Gasteiger partial charge in [-0.2, -0.15) is 0 Å². The first kappa shape index (κ1) is 17.1. The van der Waals surface area contributed by atoms with Crippen LogP contribution in [0.3, 0.4) is 0 Å². The Morgan fingerprint density at radius 3 is 1.82 bits per heavy atom. The summed E-state index contributed by atoms with van der Waals surface area (Å²) in [5, 5.41) is 0. The van der Waals surface area contributed by atoms with E-state index in [1.807, 2.05) is 42.5 Å². The molecule has 0 saturated heterocycles. The topological polar surface area (TPSA) is 0 Å². The molecule has 0 radical (unpaired) electrons. The highest BCUT2D eigenvalue weighted by molar-refractivity contribution is 9.11. The third-order valence-electron chi connectivity index (χ3n) is 2.78. The molecule has 0 N–H and O–H groups in total. The van der Waals surface area contributed by atoms with E-state index in [-0.39, 0.29) is 0 Å². The highest BCUT2D eigenvalue weighted by Crippen LogP contribution is 2.24. The van der Waals surface area contributed by atoms with Gasteiger partial charge in [-0.05, 0) is 56.1 Å². The summed E-state index contributed by atoms with van der Waals surface area (Å²) in [6.07, 6.45) is 0. The molecule has 0 atom stereocenters. The van der Waals surface area contributed by atoms with Crippen molar-refractivity contribution in [2.45, 2.75) is 19.6 Å². The molecular formula is C19H16Br2Si. The fourth-order valence-electron chi connectivity index (χ4n) is 1.70. The molecule has 0 aliphatic heterocycles. The first-order valence-electron chi connectivity index (χ1n) is 6.95. The largest absolute Gasteiger partial charge is 0.129 e. The lowest BCUT2D eigenvalue weighted by atomic mass is 10.1. The summed E-state index contributed by atoms with van der Waals surface area (Å²) in [5.74, 6) is 9.79. The van der Waals surface area contributed by atoms with E-state index in [4.69, 9.17) is 0 Å². The Morgan fingerprint density at radius 2 is 1.27 bits per heavy atom. The van der Waals surface area contributed by atoms with Gasteiger partial charge in [-0.25, -0.2) is 0 Å². The average molecular weight is 432 g/mol. The summed E-state index contributed by atoms with van der Waals surface area (Å²) in [5.41, 5.74) is 6.33. The van der Waals surface area contributed by atoms with Gasteiger partial charge in [-0.3, -0.25) is 0 Å². The van der Waals surface area contributed by atoms with Gasteiger partial charge in [-0.1, -0.05) is 55.6 Å². The summed E-state index contributed by atoms with van der Waals surface area (Å²) in [7, 11) is -1.39. The fourth-order valence-corrected chi connectivity index (χ4v) is 3.41. The van der Waals surface area contributed by atoms with E-state index in [0.717, 1.165) is 25.6 Å². The second-order valence-corrected chi connectivity index (χ2v) is 12.4. The minimum atomic E-state index is -1.39. The van der Waals surface area contributed by atoms with Crippen LogP contribution in [0.5, 0.6) is 0 Å². The molecule has 0 bridgehead atoms. The van der Waals surface area contributed by atoms with Gasteiger partial charge in [0.1, 0.15) is 8.07 Å². The molecular weight excluding hydrogens is 416 g/mol. The van der Waals surface area contributed by atoms with Crippen molar-refractivity contribution in [1.29, 1.82) is 0 Å². The van der Waals surface area contributed by atoms with Gasteiger partial charge in [0.25, 0.3) is 0 Å². The molecule has 0 aliphatic rings. The lowest BCUT2D eigenvalue weighted by Gasteiger charge is -2.04. The second kappa shape index (κ2) is 7.33. The molecule has 0 amide bonds. The Hall–Kier alpha value is -1.26. The van der Waals surface area contributed by atoms with E-state index in [1.54, 1.807) is 0 Å². The van der Waals surface area contributed by atoms with E-state index in [0.29, 0.717) is 0 Å². The summed E-state index contributed by atoms with van der Waals surface area (Å²) in [6.45, 7) is 6.73. The van der Waals surface area contributed by atoms with Crippen molar-refractivity contribution in [3.05, 3.63) is 68.1 Å². The van der Waals surface area contributed by atoms with Crippen LogP contribution in [-0.4, -0.2) is 8.07 Å². The maximum Gasteiger partial charge on any atom is 0.129 e. The maximum absolute atomic E-state index is 3.54. The SMILES string of the molecule is C[Si](C)(C)C#Cc1ccccc1C#Cc1c(Br)cccc1Br. The molecule has 0 nitrogen and oxygen atoms in total. The zero-order valence-corrected chi connectivity index (χ0v) is 17.0. The molecule has 3 heteroatoms. The minimum Gasteiger partial charge on any atom is -0.127 e. The van der Waals surface area contributed by atoms with Gasteiger partial charge in [0.15, 0.2) is 0 Å². The molecule has 2 aromatic carbocycles. The smallest absolute Gasteiger partial charge is 0.127 e. The standard InChI is InChI=1S/C19H16Br2Si/c1-22(2,3)14-13-16-8-5-4-7-15(16)11-12-17-18(20)9-6-10-19(17)21/h4-10H,1-3H3. The molecule has 0 aromatic heterocycles. The van der Waals surface area contributed by atoms with Gasteiger partial charge < -0.3 is 0 Å². The number of benzene rings is 2. The van der Waals surface area contributed by atoms with Crippen molar-refractivity contribution < 1.29 is 0 Å². The van der Waals surface area contributed by atoms with Crippen molar-refractivity contribution >= 4 is 39.9 Å². The maximum atomic E-state index is 3.54. The lowest BCUT2D eigenvalue weighted by molar-refractivity contribution is 1.53. The average Bonchev–Trinajstić information content (AvgIpc) is 2.45. The van der Waals surface area contributed by atoms with Crippen LogP contribution in [0.2, 0.25) is 19.6 Å². The predicted octanol–water partition coefficient (Wildman–Crippen LogP) is 5.84. The van der Waals surface area contributed by atoms with Crippen LogP contribution in [0.4, 0.5) is 0 Å². The fraction of sp³-hybridized carbons (Fsp3) is 0.158. The molecule has 0 unspecified atom stereocenters. The normalized spacial score (nSPS) is 10.2. The molecule has 0 heterocycles. The van der Waals surface area contributed by atoms with Crippen molar-refractivity contribution in [2.75, 3.05) is 0 Å². The van der Waals surface area contributed by atoms with E-state index >= 15 is 0 Å². The molecule has 0 spiro atoms. The first-order chi connectivity index (χ1) is 10.4. The van der Waals surface area contributed by atoms with E-state index in [2.05, 4.69) is 74.8 Å². The van der Waals surface area contributed by atoms with Crippen LogP contribution < -0.4 is 0 Å². The number of rotatable bonds is 0. The van der Waals surface area contributed by atoms with Gasteiger partial charge in [0.2, 0.25) is 0 Å². The highest BCUT2D eigenvalue weighted by atomic mass is 79.9. The van der Waals surface area contributed by atoms with Gasteiger partial charge >= 0.3 is 0 Å². The van der Waals surface area contributed by atoms with Crippen LogP contribution in [0.15, 0.2) is 51.4 Å². The number of hydrogen-bond acceptors (Lipinski definition) is 0.